The van der Waals surface area contributed by atoms with Crippen LogP contribution in [-0.4, -0.2) is 35.7 Å². The van der Waals surface area contributed by atoms with Gasteiger partial charge in [-0.1, -0.05) is 36.8 Å². The Morgan fingerprint density at radius 1 is 1.30 bits per heavy atom. The van der Waals surface area contributed by atoms with Crippen molar-refractivity contribution in [3.05, 3.63) is 35.9 Å². The number of rotatable bonds is 3. The van der Waals surface area contributed by atoms with Gasteiger partial charge in [-0.3, -0.25) is 4.90 Å². The molecule has 1 aliphatic heterocycles. The molecule has 126 valence electrons. The van der Waals surface area contributed by atoms with Crippen LogP contribution in [0.4, 0.5) is 4.79 Å². The van der Waals surface area contributed by atoms with Gasteiger partial charge in [-0.25, -0.2) is 4.79 Å². The number of amides is 1. The summed E-state index contributed by atoms with van der Waals surface area (Å²) in [5.41, 5.74) is 1.14. The Morgan fingerprint density at radius 2 is 2.00 bits per heavy atom. The quantitative estimate of drug-likeness (QED) is 0.927. The van der Waals surface area contributed by atoms with Crippen molar-refractivity contribution in [2.24, 2.45) is 5.41 Å². The summed E-state index contributed by atoms with van der Waals surface area (Å²) < 4.78 is 5.45. The van der Waals surface area contributed by atoms with Crippen molar-refractivity contribution >= 4 is 6.09 Å². The molecule has 1 saturated carbocycles. The van der Waals surface area contributed by atoms with E-state index >= 15 is 0 Å². The summed E-state index contributed by atoms with van der Waals surface area (Å²) in [5.74, 6) is 0. The van der Waals surface area contributed by atoms with E-state index in [1.807, 2.05) is 26.8 Å². The molecule has 2 aliphatic rings. The summed E-state index contributed by atoms with van der Waals surface area (Å²) >= 11 is 0. The SMILES string of the molecule is CC(C)(C)OC(=O)NC1CN(Cc2ccccc2)CC12CCC2. The molecule has 0 bridgehead atoms. The van der Waals surface area contributed by atoms with Gasteiger partial charge in [-0.2, -0.15) is 0 Å². The van der Waals surface area contributed by atoms with Crippen LogP contribution in [-0.2, 0) is 11.3 Å². The van der Waals surface area contributed by atoms with Gasteiger partial charge in [-0.15, -0.1) is 0 Å². The van der Waals surface area contributed by atoms with Crippen LogP contribution in [0, 0.1) is 5.41 Å². The van der Waals surface area contributed by atoms with Crippen molar-refractivity contribution in [2.45, 2.75) is 58.2 Å². The van der Waals surface area contributed by atoms with Gasteiger partial charge in [0, 0.05) is 25.0 Å². The lowest BCUT2D eigenvalue weighted by Gasteiger charge is -2.43. The molecular formula is C19H28N2O2. The summed E-state index contributed by atoms with van der Waals surface area (Å²) in [5, 5.41) is 3.14. The molecule has 4 heteroatoms. The fourth-order valence-electron chi connectivity index (χ4n) is 3.82. The molecule has 1 amide bonds. The highest BCUT2D eigenvalue weighted by atomic mass is 16.6. The Morgan fingerprint density at radius 3 is 2.57 bits per heavy atom. The van der Waals surface area contributed by atoms with E-state index in [1.165, 1.54) is 24.8 Å². The molecule has 3 rings (SSSR count). The number of hydrogen-bond donors (Lipinski definition) is 1. The number of likely N-dealkylation sites (tertiary alicyclic amines) is 1. The second kappa shape index (κ2) is 6.16. The molecule has 1 spiro atoms. The first kappa shape index (κ1) is 16.3. The van der Waals surface area contributed by atoms with E-state index in [0.717, 1.165) is 19.6 Å². The highest BCUT2D eigenvalue weighted by Gasteiger charge is 2.51. The third kappa shape index (κ3) is 3.86. The Balaban J connectivity index is 1.62. The van der Waals surface area contributed by atoms with E-state index in [9.17, 15) is 4.79 Å². The van der Waals surface area contributed by atoms with Crippen LogP contribution in [0.1, 0.15) is 45.6 Å². The molecule has 1 atom stereocenters. The Hall–Kier alpha value is -1.55. The Kier molecular flexibility index (Phi) is 4.37. The number of nitrogens with zero attached hydrogens (tertiary/aromatic N) is 1. The predicted octanol–water partition coefficient (Wildman–Crippen LogP) is 3.57. The van der Waals surface area contributed by atoms with Gasteiger partial charge in [0.05, 0.1) is 6.04 Å². The summed E-state index contributed by atoms with van der Waals surface area (Å²) in [4.78, 5) is 14.6. The first-order chi connectivity index (χ1) is 10.9. The van der Waals surface area contributed by atoms with Crippen LogP contribution >= 0.6 is 0 Å². The molecule has 1 aliphatic carbocycles. The molecule has 1 N–H and O–H groups in total. The van der Waals surface area contributed by atoms with E-state index in [4.69, 9.17) is 4.74 Å². The zero-order chi connectivity index (χ0) is 16.5. The van der Waals surface area contributed by atoms with Crippen molar-refractivity contribution in [1.29, 1.82) is 0 Å². The van der Waals surface area contributed by atoms with Gasteiger partial charge in [0.1, 0.15) is 5.60 Å². The third-order valence-corrected chi connectivity index (χ3v) is 5.01. The molecule has 0 radical (unpaired) electrons. The van der Waals surface area contributed by atoms with Gasteiger partial charge in [0.2, 0.25) is 0 Å². The van der Waals surface area contributed by atoms with Gasteiger partial charge < -0.3 is 10.1 Å². The van der Waals surface area contributed by atoms with Crippen molar-refractivity contribution in [3.8, 4) is 0 Å². The van der Waals surface area contributed by atoms with E-state index in [0.29, 0.717) is 0 Å². The molecule has 1 heterocycles. The molecule has 0 aromatic heterocycles. The minimum atomic E-state index is -0.445. The third-order valence-electron chi connectivity index (χ3n) is 5.01. The summed E-state index contributed by atoms with van der Waals surface area (Å²) in [6.45, 7) is 8.65. The van der Waals surface area contributed by atoms with Crippen molar-refractivity contribution in [1.82, 2.24) is 10.2 Å². The zero-order valence-electron chi connectivity index (χ0n) is 14.5. The minimum Gasteiger partial charge on any atom is -0.444 e. The fourth-order valence-corrected chi connectivity index (χ4v) is 3.82. The lowest BCUT2D eigenvalue weighted by molar-refractivity contribution is 0.0403. The van der Waals surface area contributed by atoms with Gasteiger partial charge in [-0.05, 0) is 39.2 Å². The second-order valence-corrected chi connectivity index (χ2v) is 8.07. The summed E-state index contributed by atoms with van der Waals surface area (Å²) in [7, 11) is 0. The van der Waals surface area contributed by atoms with Crippen LogP contribution in [0.5, 0.6) is 0 Å². The highest BCUT2D eigenvalue weighted by Crippen LogP contribution is 2.48. The number of carbonyl (C=O) groups excluding carboxylic acids is 1. The van der Waals surface area contributed by atoms with Crippen LogP contribution in [0.25, 0.3) is 0 Å². The number of benzene rings is 1. The Bertz CT molecular complexity index is 546. The smallest absolute Gasteiger partial charge is 0.407 e. The average Bonchev–Trinajstić information content (AvgIpc) is 2.76. The summed E-state index contributed by atoms with van der Waals surface area (Å²) in [6.07, 6.45) is 3.40. The standard InChI is InChI=1S/C19H28N2O2/c1-18(2,3)23-17(22)20-16-13-21(14-19(16)10-7-11-19)12-15-8-5-4-6-9-15/h4-6,8-9,16H,7,10-14H2,1-3H3,(H,20,22). The maximum absolute atomic E-state index is 12.2. The van der Waals surface area contributed by atoms with E-state index in [-0.39, 0.29) is 17.6 Å². The lowest BCUT2D eigenvalue weighted by Crippen LogP contribution is -2.51. The lowest BCUT2D eigenvalue weighted by atomic mass is 9.66. The van der Waals surface area contributed by atoms with Gasteiger partial charge in [0.25, 0.3) is 0 Å². The topological polar surface area (TPSA) is 41.6 Å². The largest absolute Gasteiger partial charge is 0.444 e. The van der Waals surface area contributed by atoms with E-state index < -0.39 is 5.60 Å². The second-order valence-electron chi connectivity index (χ2n) is 8.07. The van der Waals surface area contributed by atoms with Gasteiger partial charge >= 0.3 is 6.09 Å². The fraction of sp³-hybridized carbons (Fsp3) is 0.632. The van der Waals surface area contributed by atoms with Gasteiger partial charge in [0.15, 0.2) is 0 Å². The van der Waals surface area contributed by atoms with E-state index in [1.54, 1.807) is 0 Å². The molecule has 1 unspecified atom stereocenters. The molecule has 23 heavy (non-hydrogen) atoms. The molecule has 1 aromatic rings. The van der Waals surface area contributed by atoms with Crippen molar-refractivity contribution in [3.63, 3.8) is 0 Å². The number of carbonyl (C=O) groups is 1. The van der Waals surface area contributed by atoms with E-state index in [2.05, 4.69) is 34.5 Å². The van der Waals surface area contributed by atoms with Crippen LogP contribution in [0.2, 0.25) is 0 Å². The predicted molar refractivity (Wildman–Crippen MR) is 91.2 cm³/mol. The molecular weight excluding hydrogens is 288 g/mol. The molecule has 2 fully saturated rings. The Labute approximate surface area is 139 Å². The highest BCUT2D eigenvalue weighted by molar-refractivity contribution is 5.68. The first-order valence-corrected chi connectivity index (χ1v) is 8.62. The number of hydrogen-bond acceptors (Lipinski definition) is 3. The number of alkyl carbamates (subject to hydrolysis) is 1. The number of ether oxygens (including phenoxy) is 1. The van der Waals surface area contributed by atoms with Crippen molar-refractivity contribution in [2.75, 3.05) is 13.1 Å². The molecule has 4 nitrogen and oxygen atoms in total. The van der Waals surface area contributed by atoms with Crippen LogP contribution in [0.3, 0.4) is 0 Å². The maximum atomic E-state index is 12.2. The minimum absolute atomic E-state index is 0.204. The zero-order valence-corrected chi connectivity index (χ0v) is 14.5. The van der Waals surface area contributed by atoms with Crippen LogP contribution < -0.4 is 5.32 Å². The average molecular weight is 316 g/mol. The normalized spacial score (nSPS) is 23.5. The van der Waals surface area contributed by atoms with Crippen molar-refractivity contribution < 1.29 is 9.53 Å². The molecule has 1 aromatic carbocycles. The monoisotopic (exact) mass is 316 g/mol. The number of nitrogens with one attached hydrogen (secondary N) is 1. The maximum Gasteiger partial charge on any atom is 0.407 e. The first-order valence-electron chi connectivity index (χ1n) is 8.62. The van der Waals surface area contributed by atoms with Crippen LogP contribution in [0.15, 0.2) is 30.3 Å². The summed E-state index contributed by atoms with van der Waals surface area (Å²) in [6, 6.07) is 10.8. The molecule has 1 saturated heterocycles.